The molecule has 88 valence electrons. The van der Waals surface area contributed by atoms with E-state index in [0.717, 1.165) is 4.68 Å². The van der Waals surface area contributed by atoms with Gasteiger partial charge in [0.15, 0.2) is 0 Å². The van der Waals surface area contributed by atoms with Crippen molar-refractivity contribution in [3.05, 3.63) is 57.1 Å². The minimum absolute atomic E-state index is 0.0463. The molecule has 0 amide bonds. The van der Waals surface area contributed by atoms with Crippen molar-refractivity contribution in [3.63, 3.8) is 0 Å². The van der Waals surface area contributed by atoms with Crippen LogP contribution in [0, 0.1) is 5.82 Å². The van der Waals surface area contributed by atoms with Gasteiger partial charge in [-0.2, -0.15) is 5.10 Å². The molecule has 2 N–H and O–H groups in total. The summed E-state index contributed by atoms with van der Waals surface area (Å²) in [4.78, 5) is 11.5. The maximum Gasteiger partial charge on any atom is 0.267 e. The second-order valence-electron chi connectivity index (χ2n) is 3.45. The van der Waals surface area contributed by atoms with E-state index in [0.29, 0.717) is 0 Å². The van der Waals surface area contributed by atoms with Crippen LogP contribution in [0.25, 0.3) is 0 Å². The molecule has 0 fully saturated rings. The summed E-state index contributed by atoms with van der Waals surface area (Å²) in [6.07, 6.45) is 0. The lowest BCUT2D eigenvalue weighted by molar-refractivity contribution is 0.574. The third kappa shape index (κ3) is 2.45. The van der Waals surface area contributed by atoms with E-state index < -0.39 is 5.82 Å². The van der Waals surface area contributed by atoms with Crippen molar-refractivity contribution in [1.29, 1.82) is 0 Å². The number of aromatic nitrogens is 2. The largest absolute Gasteiger partial charge is 0.382 e. The molecule has 0 aliphatic heterocycles. The van der Waals surface area contributed by atoms with E-state index >= 15 is 0 Å². The number of nitrogen functional groups attached to an aromatic ring is 1. The molecule has 0 spiro atoms. The second-order valence-corrected chi connectivity index (χ2v) is 3.86. The van der Waals surface area contributed by atoms with Crippen LogP contribution in [-0.2, 0) is 6.54 Å². The number of halogens is 2. The summed E-state index contributed by atoms with van der Waals surface area (Å²) in [5.74, 6) is -0.286. The molecule has 2 rings (SSSR count). The van der Waals surface area contributed by atoms with Crippen molar-refractivity contribution in [2.24, 2.45) is 0 Å². The SMILES string of the molecule is Nc1ccc(=O)n(Cc2c(F)cccc2Cl)n1. The molecule has 2 aromatic rings. The predicted octanol–water partition coefficient (Wildman–Crippen LogP) is 1.67. The van der Waals surface area contributed by atoms with Crippen LogP contribution in [-0.4, -0.2) is 9.78 Å². The van der Waals surface area contributed by atoms with E-state index in [1.54, 1.807) is 6.07 Å². The van der Waals surface area contributed by atoms with Gasteiger partial charge in [0.2, 0.25) is 0 Å². The molecule has 0 aliphatic rings. The Labute approximate surface area is 101 Å². The molecule has 0 unspecified atom stereocenters. The highest BCUT2D eigenvalue weighted by Crippen LogP contribution is 2.19. The van der Waals surface area contributed by atoms with Gasteiger partial charge in [0.05, 0.1) is 6.54 Å². The lowest BCUT2D eigenvalue weighted by Crippen LogP contribution is -2.23. The molecule has 0 radical (unpaired) electrons. The second kappa shape index (κ2) is 4.55. The summed E-state index contributed by atoms with van der Waals surface area (Å²) in [6, 6.07) is 6.99. The third-order valence-electron chi connectivity index (χ3n) is 2.26. The number of anilines is 1. The van der Waals surface area contributed by atoms with Crippen molar-refractivity contribution in [2.75, 3.05) is 5.73 Å². The van der Waals surface area contributed by atoms with Crippen LogP contribution in [0.3, 0.4) is 0 Å². The Morgan fingerprint density at radius 1 is 1.35 bits per heavy atom. The summed E-state index contributed by atoms with van der Waals surface area (Å²) < 4.78 is 14.6. The first kappa shape index (κ1) is 11.6. The van der Waals surface area contributed by atoms with Gasteiger partial charge in [0.1, 0.15) is 11.6 Å². The number of benzene rings is 1. The van der Waals surface area contributed by atoms with Crippen molar-refractivity contribution < 1.29 is 4.39 Å². The Bertz CT molecular complexity index is 592. The normalized spacial score (nSPS) is 10.5. The highest BCUT2D eigenvalue weighted by molar-refractivity contribution is 6.31. The van der Waals surface area contributed by atoms with Gasteiger partial charge in [0.25, 0.3) is 5.56 Å². The van der Waals surface area contributed by atoms with Crippen LogP contribution in [0.15, 0.2) is 35.1 Å². The van der Waals surface area contributed by atoms with E-state index in [9.17, 15) is 9.18 Å². The first-order valence-corrected chi connectivity index (χ1v) is 5.22. The smallest absolute Gasteiger partial charge is 0.267 e. The molecule has 6 heteroatoms. The molecule has 0 aliphatic carbocycles. The van der Waals surface area contributed by atoms with Gasteiger partial charge in [-0.3, -0.25) is 4.79 Å². The molecular formula is C11H9ClFN3O. The van der Waals surface area contributed by atoms with Gasteiger partial charge < -0.3 is 5.73 Å². The highest BCUT2D eigenvalue weighted by atomic mass is 35.5. The van der Waals surface area contributed by atoms with Gasteiger partial charge in [0, 0.05) is 16.7 Å². The van der Waals surface area contributed by atoms with E-state index in [4.69, 9.17) is 17.3 Å². The summed E-state index contributed by atoms with van der Waals surface area (Å²) in [6.45, 7) is -0.0463. The Morgan fingerprint density at radius 3 is 2.82 bits per heavy atom. The predicted molar refractivity (Wildman–Crippen MR) is 63.4 cm³/mol. The topological polar surface area (TPSA) is 60.9 Å². The lowest BCUT2D eigenvalue weighted by atomic mass is 10.2. The number of hydrogen-bond acceptors (Lipinski definition) is 3. The fourth-order valence-electron chi connectivity index (χ4n) is 1.41. The fourth-order valence-corrected chi connectivity index (χ4v) is 1.63. The van der Waals surface area contributed by atoms with Gasteiger partial charge in [-0.1, -0.05) is 17.7 Å². The fraction of sp³-hybridized carbons (Fsp3) is 0.0909. The van der Waals surface area contributed by atoms with Crippen LogP contribution < -0.4 is 11.3 Å². The van der Waals surface area contributed by atoms with Crippen molar-refractivity contribution in [1.82, 2.24) is 9.78 Å². The first-order valence-electron chi connectivity index (χ1n) is 4.84. The molecule has 0 saturated carbocycles. The minimum Gasteiger partial charge on any atom is -0.382 e. The summed E-state index contributed by atoms with van der Waals surface area (Å²) >= 11 is 5.86. The molecule has 0 saturated heterocycles. The van der Waals surface area contributed by atoms with Gasteiger partial charge >= 0.3 is 0 Å². The number of nitrogens with zero attached hydrogens (tertiary/aromatic N) is 2. The Kier molecular flexibility index (Phi) is 3.10. The lowest BCUT2D eigenvalue weighted by Gasteiger charge is -2.07. The molecule has 0 bridgehead atoms. The third-order valence-corrected chi connectivity index (χ3v) is 2.61. The molecule has 4 nitrogen and oxygen atoms in total. The Morgan fingerprint density at radius 2 is 2.12 bits per heavy atom. The Hall–Kier alpha value is -1.88. The maximum atomic E-state index is 13.5. The average molecular weight is 254 g/mol. The van der Waals surface area contributed by atoms with Crippen molar-refractivity contribution >= 4 is 17.4 Å². The van der Waals surface area contributed by atoms with Crippen LogP contribution in [0.5, 0.6) is 0 Å². The number of hydrogen-bond donors (Lipinski definition) is 1. The summed E-state index contributed by atoms with van der Waals surface area (Å²) in [5.41, 5.74) is 5.31. The van der Waals surface area contributed by atoms with Gasteiger partial charge in [-0.25, -0.2) is 9.07 Å². The summed E-state index contributed by atoms with van der Waals surface area (Å²) in [5, 5.41) is 4.06. The number of rotatable bonds is 2. The molecule has 1 heterocycles. The number of nitrogens with two attached hydrogens (primary N) is 1. The highest BCUT2D eigenvalue weighted by Gasteiger charge is 2.09. The van der Waals surface area contributed by atoms with E-state index in [2.05, 4.69) is 5.10 Å². The Balaban J connectivity index is 2.45. The molecule has 17 heavy (non-hydrogen) atoms. The van der Waals surface area contributed by atoms with Gasteiger partial charge in [-0.15, -0.1) is 0 Å². The zero-order valence-corrected chi connectivity index (χ0v) is 9.49. The van der Waals surface area contributed by atoms with Crippen molar-refractivity contribution in [2.45, 2.75) is 6.54 Å². The molecular weight excluding hydrogens is 245 g/mol. The summed E-state index contributed by atoms with van der Waals surface area (Å²) in [7, 11) is 0. The van der Waals surface area contributed by atoms with E-state index in [-0.39, 0.29) is 28.5 Å². The first-order chi connectivity index (χ1) is 8.08. The van der Waals surface area contributed by atoms with Crippen LogP contribution in [0.1, 0.15) is 5.56 Å². The average Bonchev–Trinajstić information content (AvgIpc) is 2.28. The van der Waals surface area contributed by atoms with E-state index in [1.807, 2.05) is 0 Å². The zero-order valence-electron chi connectivity index (χ0n) is 8.73. The molecule has 0 atom stereocenters. The minimum atomic E-state index is -0.478. The van der Waals surface area contributed by atoms with E-state index in [1.165, 1.54) is 24.3 Å². The molecule has 1 aromatic carbocycles. The zero-order chi connectivity index (χ0) is 12.4. The molecule has 1 aromatic heterocycles. The standard InChI is InChI=1S/C11H9ClFN3O/c12-8-2-1-3-9(13)7(8)6-16-11(17)5-4-10(14)15-16/h1-5H,6H2,(H2,14,15). The van der Waals surface area contributed by atoms with Crippen LogP contribution in [0.2, 0.25) is 5.02 Å². The van der Waals surface area contributed by atoms with Crippen LogP contribution >= 0.6 is 11.6 Å². The van der Waals surface area contributed by atoms with Crippen molar-refractivity contribution in [3.8, 4) is 0 Å². The maximum absolute atomic E-state index is 13.5. The van der Waals surface area contributed by atoms with Gasteiger partial charge in [-0.05, 0) is 18.2 Å². The monoisotopic (exact) mass is 253 g/mol. The van der Waals surface area contributed by atoms with Crippen LogP contribution in [0.4, 0.5) is 10.2 Å². The quantitative estimate of drug-likeness (QED) is 0.886.